The first-order chi connectivity index (χ1) is 7.29. The van der Waals surface area contributed by atoms with Gasteiger partial charge in [-0.1, -0.05) is 6.92 Å². The van der Waals surface area contributed by atoms with E-state index in [0.29, 0.717) is 0 Å². The van der Waals surface area contributed by atoms with E-state index in [1.165, 1.54) is 0 Å². The highest BCUT2D eigenvalue weighted by atomic mass is 15.3. The highest BCUT2D eigenvalue weighted by molar-refractivity contribution is 5.37. The van der Waals surface area contributed by atoms with E-state index in [1.54, 1.807) is 6.20 Å². The quantitative estimate of drug-likeness (QED) is 0.791. The van der Waals surface area contributed by atoms with Crippen molar-refractivity contribution >= 4 is 5.82 Å². The smallest absolute Gasteiger partial charge is 0.124 e. The Labute approximate surface area is 88.5 Å². The van der Waals surface area contributed by atoms with E-state index in [2.05, 4.69) is 33.6 Å². The summed E-state index contributed by atoms with van der Waals surface area (Å²) >= 11 is 0. The molecule has 0 aliphatic carbocycles. The number of anilines is 1. The summed E-state index contributed by atoms with van der Waals surface area (Å²) in [5.74, 6) is 1.03. The molecular formula is C10H15N5. The third-order valence-electron chi connectivity index (χ3n) is 2.31. The molecule has 0 spiro atoms. The van der Waals surface area contributed by atoms with Gasteiger partial charge in [0, 0.05) is 19.3 Å². The molecule has 2 heterocycles. The van der Waals surface area contributed by atoms with E-state index >= 15 is 0 Å². The first kappa shape index (κ1) is 9.76. The van der Waals surface area contributed by atoms with E-state index in [-0.39, 0.29) is 0 Å². The number of aromatic amines is 1. The number of nitrogens with zero attached hydrogens (tertiary/aromatic N) is 3. The Morgan fingerprint density at radius 3 is 3.00 bits per heavy atom. The van der Waals surface area contributed by atoms with E-state index in [1.807, 2.05) is 17.8 Å². The van der Waals surface area contributed by atoms with Crippen molar-refractivity contribution in [1.29, 1.82) is 0 Å². The molecule has 0 unspecified atom stereocenters. The van der Waals surface area contributed by atoms with Crippen LogP contribution in [0.2, 0.25) is 0 Å². The zero-order valence-corrected chi connectivity index (χ0v) is 8.99. The second kappa shape index (κ2) is 4.16. The lowest BCUT2D eigenvalue weighted by Crippen LogP contribution is -2.04. The van der Waals surface area contributed by atoms with E-state index in [9.17, 15) is 0 Å². The van der Waals surface area contributed by atoms with Crippen LogP contribution >= 0.6 is 0 Å². The third kappa shape index (κ3) is 2.18. The molecule has 0 aliphatic rings. The number of H-pyrrole nitrogens is 1. The zero-order valence-electron chi connectivity index (χ0n) is 8.99. The summed E-state index contributed by atoms with van der Waals surface area (Å²) in [5.41, 5.74) is 2.17. The first-order valence-electron chi connectivity index (χ1n) is 5.04. The SMILES string of the molecule is CCc1cc(NCc2ccn[nH]2)n(C)n1. The van der Waals surface area contributed by atoms with Crippen molar-refractivity contribution in [2.45, 2.75) is 19.9 Å². The maximum absolute atomic E-state index is 4.36. The van der Waals surface area contributed by atoms with Gasteiger partial charge < -0.3 is 5.32 Å². The maximum Gasteiger partial charge on any atom is 0.124 e. The van der Waals surface area contributed by atoms with Crippen molar-refractivity contribution in [2.24, 2.45) is 7.05 Å². The van der Waals surface area contributed by atoms with Crippen molar-refractivity contribution in [2.75, 3.05) is 5.32 Å². The Kier molecular flexibility index (Phi) is 2.71. The summed E-state index contributed by atoms with van der Waals surface area (Å²) in [6.45, 7) is 2.84. The first-order valence-corrected chi connectivity index (χ1v) is 5.04. The second-order valence-corrected chi connectivity index (χ2v) is 3.43. The number of aromatic nitrogens is 4. The number of hydrogen-bond acceptors (Lipinski definition) is 3. The van der Waals surface area contributed by atoms with Crippen LogP contribution in [-0.4, -0.2) is 20.0 Å². The summed E-state index contributed by atoms with van der Waals surface area (Å²) in [6.07, 6.45) is 2.71. The van der Waals surface area contributed by atoms with Gasteiger partial charge in [-0.15, -0.1) is 0 Å². The molecule has 0 radical (unpaired) electrons. The predicted octanol–water partition coefficient (Wildman–Crippen LogP) is 1.32. The van der Waals surface area contributed by atoms with Crippen molar-refractivity contribution in [1.82, 2.24) is 20.0 Å². The molecule has 15 heavy (non-hydrogen) atoms. The lowest BCUT2D eigenvalue weighted by atomic mass is 10.3. The van der Waals surface area contributed by atoms with E-state index < -0.39 is 0 Å². The van der Waals surface area contributed by atoms with Crippen LogP contribution in [0.1, 0.15) is 18.3 Å². The number of aryl methyl sites for hydroxylation is 2. The fraction of sp³-hybridized carbons (Fsp3) is 0.400. The maximum atomic E-state index is 4.36. The summed E-state index contributed by atoms with van der Waals surface area (Å²) in [7, 11) is 1.94. The molecule has 5 heteroatoms. The van der Waals surface area contributed by atoms with E-state index in [0.717, 1.165) is 30.2 Å². The van der Waals surface area contributed by atoms with Gasteiger partial charge in [0.2, 0.25) is 0 Å². The molecule has 0 fully saturated rings. The molecule has 2 aromatic heterocycles. The third-order valence-corrected chi connectivity index (χ3v) is 2.31. The average Bonchev–Trinajstić information content (AvgIpc) is 2.84. The Bertz CT molecular complexity index is 415. The standard InChI is InChI=1S/C10H15N5/c1-3-8-6-10(15(2)14-8)11-7-9-4-5-12-13-9/h4-6,11H,3,7H2,1-2H3,(H,12,13). The minimum Gasteiger partial charge on any atom is -0.365 e. The summed E-state index contributed by atoms with van der Waals surface area (Å²) in [4.78, 5) is 0. The largest absolute Gasteiger partial charge is 0.365 e. The fourth-order valence-corrected chi connectivity index (χ4v) is 1.43. The fourth-order valence-electron chi connectivity index (χ4n) is 1.43. The molecule has 0 saturated carbocycles. The Morgan fingerprint density at radius 1 is 1.53 bits per heavy atom. The van der Waals surface area contributed by atoms with Gasteiger partial charge in [-0.3, -0.25) is 9.78 Å². The molecule has 0 atom stereocenters. The molecule has 2 N–H and O–H groups in total. The average molecular weight is 205 g/mol. The Hall–Kier alpha value is -1.78. The van der Waals surface area contributed by atoms with Gasteiger partial charge in [-0.05, 0) is 12.5 Å². The van der Waals surface area contributed by atoms with E-state index in [4.69, 9.17) is 0 Å². The highest BCUT2D eigenvalue weighted by Gasteiger charge is 2.02. The van der Waals surface area contributed by atoms with Crippen molar-refractivity contribution in [3.05, 3.63) is 29.7 Å². The van der Waals surface area contributed by atoms with Gasteiger partial charge in [0.05, 0.1) is 17.9 Å². The lowest BCUT2D eigenvalue weighted by Gasteiger charge is -2.03. The summed E-state index contributed by atoms with van der Waals surface area (Å²) in [6, 6.07) is 4.01. The van der Waals surface area contributed by atoms with Crippen LogP contribution in [0.15, 0.2) is 18.3 Å². The molecule has 2 rings (SSSR count). The van der Waals surface area contributed by atoms with Crippen LogP contribution in [0, 0.1) is 0 Å². The molecule has 5 nitrogen and oxygen atoms in total. The Balaban J connectivity index is 2.01. The van der Waals surface area contributed by atoms with Gasteiger partial charge in [0.1, 0.15) is 5.82 Å². The number of hydrogen-bond donors (Lipinski definition) is 2. The topological polar surface area (TPSA) is 58.5 Å². The molecule has 2 aromatic rings. The summed E-state index contributed by atoms with van der Waals surface area (Å²) in [5, 5.41) is 14.5. The van der Waals surface area contributed by atoms with Crippen LogP contribution in [0.4, 0.5) is 5.82 Å². The van der Waals surface area contributed by atoms with Gasteiger partial charge in [-0.2, -0.15) is 10.2 Å². The second-order valence-electron chi connectivity index (χ2n) is 3.43. The minimum absolute atomic E-state index is 0.739. The molecule has 0 aliphatic heterocycles. The number of rotatable bonds is 4. The Morgan fingerprint density at radius 2 is 2.40 bits per heavy atom. The van der Waals surface area contributed by atoms with Crippen molar-refractivity contribution in [3.8, 4) is 0 Å². The zero-order chi connectivity index (χ0) is 10.7. The van der Waals surface area contributed by atoms with Crippen LogP contribution in [0.5, 0.6) is 0 Å². The molecule has 0 bridgehead atoms. The van der Waals surface area contributed by atoms with Gasteiger partial charge >= 0.3 is 0 Å². The van der Waals surface area contributed by atoms with Crippen molar-refractivity contribution < 1.29 is 0 Å². The van der Waals surface area contributed by atoms with Gasteiger partial charge in [0.15, 0.2) is 0 Å². The molecular weight excluding hydrogens is 190 g/mol. The monoisotopic (exact) mass is 205 g/mol. The molecule has 0 aromatic carbocycles. The van der Waals surface area contributed by atoms with Gasteiger partial charge in [0.25, 0.3) is 0 Å². The number of nitrogens with one attached hydrogen (secondary N) is 2. The lowest BCUT2D eigenvalue weighted by molar-refractivity contribution is 0.746. The van der Waals surface area contributed by atoms with Crippen molar-refractivity contribution in [3.63, 3.8) is 0 Å². The minimum atomic E-state index is 0.739. The molecule has 0 saturated heterocycles. The van der Waals surface area contributed by atoms with Crippen LogP contribution in [0.3, 0.4) is 0 Å². The molecule has 80 valence electrons. The normalized spacial score (nSPS) is 10.5. The highest BCUT2D eigenvalue weighted by Crippen LogP contribution is 2.10. The summed E-state index contributed by atoms with van der Waals surface area (Å²) < 4.78 is 1.86. The predicted molar refractivity (Wildman–Crippen MR) is 58.5 cm³/mol. The van der Waals surface area contributed by atoms with Crippen LogP contribution < -0.4 is 5.32 Å². The molecule has 0 amide bonds. The van der Waals surface area contributed by atoms with Crippen LogP contribution in [-0.2, 0) is 20.0 Å². The van der Waals surface area contributed by atoms with Gasteiger partial charge in [-0.25, -0.2) is 0 Å². The van der Waals surface area contributed by atoms with Crippen LogP contribution in [0.25, 0.3) is 0 Å².